The van der Waals surface area contributed by atoms with Gasteiger partial charge in [-0.1, -0.05) is 57.0 Å². The van der Waals surface area contributed by atoms with E-state index in [9.17, 15) is 4.79 Å². The van der Waals surface area contributed by atoms with Gasteiger partial charge in [-0.15, -0.1) is 0 Å². The molecule has 1 atom stereocenters. The minimum atomic E-state index is -0.373. The SMILES string of the molecule is CCC(CC)COC(=O)C(S)Cc1ccccc1. The van der Waals surface area contributed by atoms with Gasteiger partial charge < -0.3 is 4.74 Å². The van der Waals surface area contributed by atoms with Crippen molar-refractivity contribution in [3.8, 4) is 0 Å². The monoisotopic (exact) mass is 266 g/mol. The van der Waals surface area contributed by atoms with Gasteiger partial charge >= 0.3 is 5.97 Å². The summed E-state index contributed by atoms with van der Waals surface area (Å²) in [5, 5.41) is -0.373. The molecule has 2 nitrogen and oxygen atoms in total. The molecular formula is C15H22O2S. The zero-order valence-electron chi connectivity index (χ0n) is 11.1. The Morgan fingerprint density at radius 2 is 1.83 bits per heavy atom. The van der Waals surface area contributed by atoms with Crippen molar-refractivity contribution in [3.63, 3.8) is 0 Å². The van der Waals surface area contributed by atoms with Crippen molar-refractivity contribution in [3.05, 3.63) is 35.9 Å². The van der Waals surface area contributed by atoms with Crippen LogP contribution < -0.4 is 0 Å². The number of hydrogen-bond acceptors (Lipinski definition) is 3. The molecule has 0 saturated carbocycles. The van der Waals surface area contributed by atoms with E-state index in [2.05, 4.69) is 26.5 Å². The molecule has 0 N–H and O–H groups in total. The van der Waals surface area contributed by atoms with Crippen LogP contribution in [0.5, 0.6) is 0 Å². The lowest BCUT2D eigenvalue weighted by Crippen LogP contribution is -2.23. The van der Waals surface area contributed by atoms with Gasteiger partial charge in [-0.3, -0.25) is 4.79 Å². The summed E-state index contributed by atoms with van der Waals surface area (Å²) >= 11 is 4.32. The lowest BCUT2D eigenvalue weighted by molar-refractivity contribution is -0.144. The minimum absolute atomic E-state index is 0.214. The predicted octanol–water partition coefficient (Wildman–Crippen LogP) is 3.51. The molecule has 100 valence electrons. The number of carbonyl (C=O) groups excluding carboxylic acids is 1. The van der Waals surface area contributed by atoms with Crippen LogP contribution in [0.4, 0.5) is 0 Å². The predicted molar refractivity (Wildman–Crippen MR) is 78.0 cm³/mol. The van der Waals surface area contributed by atoms with Gasteiger partial charge in [0.1, 0.15) is 5.25 Å². The van der Waals surface area contributed by atoms with E-state index >= 15 is 0 Å². The van der Waals surface area contributed by atoms with Crippen molar-refractivity contribution in [2.45, 2.75) is 38.4 Å². The second-order valence-corrected chi connectivity index (χ2v) is 5.14. The summed E-state index contributed by atoms with van der Waals surface area (Å²) in [5.74, 6) is 0.250. The molecule has 0 aliphatic carbocycles. The maximum Gasteiger partial charge on any atom is 0.319 e. The molecular weight excluding hydrogens is 244 g/mol. The molecule has 18 heavy (non-hydrogen) atoms. The molecule has 0 spiro atoms. The largest absolute Gasteiger partial charge is 0.465 e. The van der Waals surface area contributed by atoms with Gasteiger partial charge in [0.2, 0.25) is 0 Å². The maximum atomic E-state index is 11.8. The van der Waals surface area contributed by atoms with Gasteiger partial charge in [0.05, 0.1) is 6.61 Å². The molecule has 1 rings (SSSR count). The third-order valence-corrected chi connectivity index (χ3v) is 3.55. The first kappa shape index (κ1) is 15.1. The minimum Gasteiger partial charge on any atom is -0.465 e. The summed E-state index contributed by atoms with van der Waals surface area (Å²) in [6, 6.07) is 9.88. The molecule has 0 amide bonds. The van der Waals surface area contributed by atoms with Crippen molar-refractivity contribution >= 4 is 18.6 Å². The van der Waals surface area contributed by atoms with Gasteiger partial charge in [0.15, 0.2) is 0 Å². The summed E-state index contributed by atoms with van der Waals surface area (Å²) in [6.07, 6.45) is 2.70. The van der Waals surface area contributed by atoms with Crippen molar-refractivity contribution in [2.24, 2.45) is 5.92 Å². The number of benzene rings is 1. The van der Waals surface area contributed by atoms with Gasteiger partial charge in [-0.2, -0.15) is 12.6 Å². The van der Waals surface area contributed by atoms with Crippen molar-refractivity contribution in [1.82, 2.24) is 0 Å². The molecule has 0 aliphatic rings. The lowest BCUT2D eigenvalue weighted by Gasteiger charge is -2.15. The summed E-state index contributed by atoms with van der Waals surface area (Å²) < 4.78 is 5.30. The molecule has 1 aromatic rings. The maximum absolute atomic E-state index is 11.8. The van der Waals surface area contributed by atoms with Crippen LogP contribution in [0, 0.1) is 5.92 Å². The average molecular weight is 266 g/mol. The second-order valence-electron chi connectivity index (χ2n) is 4.52. The van der Waals surface area contributed by atoms with Crippen LogP contribution in [0.25, 0.3) is 0 Å². The number of ether oxygens (including phenoxy) is 1. The first-order valence-corrected chi connectivity index (χ1v) is 7.07. The Labute approximate surface area is 115 Å². The molecule has 0 radical (unpaired) electrons. The van der Waals surface area contributed by atoms with Crippen LogP contribution >= 0.6 is 12.6 Å². The Morgan fingerprint density at radius 3 is 2.39 bits per heavy atom. The van der Waals surface area contributed by atoms with E-state index < -0.39 is 0 Å². The van der Waals surface area contributed by atoms with Gasteiger partial charge in [0, 0.05) is 0 Å². The Bertz CT molecular complexity index is 347. The number of rotatable bonds is 7. The molecule has 0 saturated heterocycles. The first-order chi connectivity index (χ1) is 8.67. The standard InChI is InChI=1S/C15H22O2S/c1-3-12(4-2)11-17-15(16)14(18)10-13-8-6-5-7-9-13/h5-9,12,14,18H,3-4,10-11H2,1-2H3. The lowest BCUT2D eigenvalue weighted by atomic mass is 10.1. The van der Waals surface area contributed by atoms with E-state index in [1.165, 1.54) is 0 Å². The molecule has 0 bridgehead atoms. The Hall–Kier alpha value is -0.960. The number of hydrogen-bond donors (Lipinski definition) is 1. The van der Waals surface area contributed by atoms with E-state index in [0.717, 1.165) is 18.4 Å². The zero-order chi connectivity index (χ0) is 13.4. The molecule has 1 aromatic carbocycles. The Kier molecular flexibility index (Phi) is 6.88. The van der Waals surface area contributed by atoms with Gasteiger partial charge in [-0.05, 0) is 17.9 Å². The Morgan fingerprint density at radius 1 is 1.22 bits per heavy atom. The Balaban J connectivity index is 2.37. The molecule has 0 heterocycles. The molecule has 3 heteroatoms. The smallest absolute Gasteiger partial charge is 0.319 e. The fourth-order valence-electron chi connectivity index (χ4n) is 1.74. The highest BCUT2D eigenvalue weighted by atomic mass is 32.1. The quantitative estimate of drug-likeness (QED) is 0.604. The normalized spacial score (nSPS) is 12.4. The summed E-state index contributed by atoms with van der Waals surface area (Å²) in [5.41, 5.74) is 1.11. The van der Waals surface area contributed by atoms with Crippen LogP contribution in [0.3, 0.4) is 0 Å². The average Bonchev–Trinajstić information content (AvgIpc) is 2.40. The van der Waals surface area contributed by atoms with E-state index in [-0.39, 0.29) is 11.2 Å². The molecule has 0 fully saturated rings. The summed E-state index contributed by atoms with van der Waals surface area (Å²) in [4.78, 5) is 11.8. The van der Waals surface area contributed by atoms with Crippen molar-refractivity contribution in [1.29, 1.82) is 0 Å². The highest BCUT2D eigenvalue weighted by Gasteiger charge is 2.17. The number of thiol groups is 1. The van der Waals surface area contributed by atoms with Crippen molar-refractivity contribution in [2.75, 3.05) is 6.61 Å². The second kappa shape index (κ2) is 8.20. The van der Waals surface area contributed by atoms with Gasteiger partial charge in [-0.25, -0.2) is 0 Å². The van der Waals surface area contributed by atoms with E-state index in [1.807, 2.05) is 30.3 Å². The van der Waals surface area contributed by atoms with E-state index in [0.29, 0.717) is 18.9 Å². The molecule has 0 aromatic heterocycles. The van der Waals surface area contributed by atoms with E-state index in [1.54, 1.807) is 0 Å². The van der Waals surface area contributed by atoms with Crippen LogP contribution in [0.1, 0.15) is 32.3 Å². The van der Waals surface area contributed by atoms with Crippen LogP contribution in [-0.2, 0) is 16.0 Å². The third-order valence-electron chi connectivity index (χ3n) is 3.16. The first-order valence-electron chi connectivity index (χ1n) is 6.56. The van der Waals surface area contributed by atoms with Crippen molar-refractivity contribution < 1.29 is 9.53 Å². The summed E-state index contributed by atoms with van der Waals surface area (Å²) in [7, 11) is 0. The molecule has 0 aliphatic heterocycles. The highest BCUT2D eigenvalue weighted by molar-refractivity contribution is 7.81. The third kappa shape index (κ3) is 5.13. The topological polar surface area (TPSA) is 26.3 Å². The summed E-state index contributed by atoms with van der Waals surface area (Å²) in [6.45, 7) is 4.74. The zero-order valence-corrected chi connectivity index (χ0v) is 12.0. The molecule has 1 unspecified atom stereocenters. The van der Waals surface area contributed by atoms with E-state index in [4.69, 9.17) is 4.74 Å². The van der Waals surface area contributed by atoms with Gasteiger partial charge in [0.25, 0.3) is 0 Å². The van der Waals surface area contributed by atoms with Crippen LogP contribution in [0.2, 0.25) is 0 Å². The fourth-order valence-corrected chi connectivity index (χ4v) is 2.03. The fraction of sp³-hybridized carbons (Fsp3) is 0.533. The number of esters is 1. The number of carbonyl (C=O) groups is 1. The van der Waals surface area contributed by atoms with Crippen LogP contribution in [-0.4, -0.2) is 17.8 Å². The highest BCUT2D eigenvalue weighted by Crippen LogP contribution is 2.12. The van der Waals surface area contributed by atoms with Crippen LogP contribution in [0.15, 0.2) is 30.3 Å².